The number of carbonyl (C=O) groups excluding carboxylic acids is 2. The van der Waals surface area contributed by atoms with Crippen molar-refractivity contribution in [2.75, 3.05) is 11.9 Å². The summed E-state index contributed by atoms with van der Waals surface area (Å²) in [4.78, 5) is 23.5. The van der Waals surface area contributed by atoms with Crippen LogP contribution in [0, 0.1) is 5.41 Å². The van der Waals surface area contributed by atoms with E-state index >= 15 is 0 Å². The van der Waals surface area contributed by atoms with Crippen molar-refractivity contribution >= 4 is 17.5 Å². The molecule has 0 bridgehead atoms. The van der Waals surface area contributed by atoms with Crippen LogP contribution >= 0.6 is 0 Å². The summed E-state index contributed by atoms with van der Waals surface area (Å²) in [5.74, 6) is -1.47. The molecule has 0 aliphatic heterocycles. The average Bonchev–Trinajstić information content (AvgIpc) is 2.37. The van der Waals surface area contributed by atoms with E-state index in [4.69, 9.17) is 0 Å². The summed E-state index contributed by atoms with van der Waals surface area (Å²) in [7, 11) is 0. The fourth-order valence-electron chi connectivity index (χ4n) is 1.86. The third-order valence-corrected chi connectivity index (χ3v) is 2.65. The molecule has 0 heterocycles. The van der Waals surface area contributed by atoms with Crippen LogP contribution in [0.5, 0.6) is 0 Å². The number of hydrogen-bond acceptors (Lipinski definition) is 3. The predicted molar refractivity (Wildman–Crippen MR) is 78.2 cm³/mol. The number of aliphatic hydroxyl groups excluding tert-OH is 1. The second-order valence-electron chi connectivity index (χ2n) is 5.94. The van der Waals surface area contributed by atoms with Crippen molar-refractivity contribution in [3.05, 3.63) is 30.3 Å². The third-order valence-electron chi connectivity index (χ3n) is 2.65. The number of carbonyl (C=O) groups is 2. The molecule has 0 spiro atoms. The molecule has 5 heteroatoms. The topological polar surface area (TPSA) is 78.4 Å². The molecule has 20 heavy (non-hydrogen) atoms. The van der Waals surface area contributed by atoms with Gasteiger partial charge in [0.05, 0.1) is 12.6 Å². The van der Waals surface area contributed by atoms with Crippen LogP contribution in [0.1, 0.15) is 27.2 Å². The van der Waals surface area contributed by atoms with Gasteiger partial charge >= 0.3 is 11.8 Å². The number of amides is 2. The lowest BCUT2D eigenvalue weighted by molar-refractivity contribution is -0.136. The molecule has 5 nitrogen and oxygen atoms in total. The van der Waals surface area contributed by atoms with Gasteiger partial charge in [0.1, 0.15) is 0 Å². The van der Waals surface area contributed by atoms with Gasteiger partial charge in [0.2, 0.25) is 0 Å². The van der Waals surface area contributed by atoms with Gasteiger partial charge in [0, 0.05) is 5.69 Å². The minimum absolute atomic E-state index is 0.0451. The lowest BCUT2D eigenvalue weighted by Crippen LogP contribution is -2.45. The smallest absolute Gasteiger partial charge is 0.313 e. The number of hydrogen-bond donors (Lipinski definition) is 3. The maximum Gasteiger partial charge on any atom is 0.313 e. The minimum Gasteiger partial charge on any atom is -0.394 e. The molecule has 1 unspecified atom stereocenters. The van der Waals surface area contributed by atoms with Crippen LogP contribution in [-0.2, 0) is 9.59 Å². The molecule has 0 saturated carbocycles. The van der Waals surface area contributed by atoms with Crippen molar-refractivity contribution in [2.45, 2.75) is 33.2 Å². The molecule has 0 aromatic heterocycles. The molecule has 2 amide bonds. The monoisotopic (exact) mass is 278 g/mol. The molecule has 1 aromatic rings. The predicted octanol–water partition coefficient (Wildman–Crippen LogP) is 1.54. The molecule has 1 rings (SSSR count). The zero-order chi connectivity index (χ0) is 15.2. The SMILES string of the molecule is CC(C)(C)CC(CO)NC(=O)C(=O)Nc1ccccc1. The Balaban J connectivity index is 2.54. The zero-order valence-corrected chi connectivity index (χ0v) is 12.1. The van der Waals surface area contributed by atoms with Crippen LogP contribution in [0.15, 0.2) is 30.3 Å². The first kappa shape index (κ1) is 16.2. The Kier molecular flexibility index (Phi) is 5.70. The highest BCUT2D eigenvalue weighted by Crippen LogP contribution is 2.20. The molecule has 0 aliphatic carbocycles. The van der Waals surface area contributed by atoms with Gasteiger partial charge in [-0.25, -0.2) is 0 Å². The first-order valence-electron chi connectivity index (χ1n) is 6.59. The van der Waals surface area contributed by atoms with E-state index in [9.17, 15) is 14.7 Å². The van der Waals surface area contributed by atoms with E-state index < -0.39 is 17.9 Å². The average molecular weight is 278 g/mol. The summed E-state index contributed by atoms with van der Waals surface area (Å²) < 4.78 is 0. The summed E-state index contributed by atoms with van der Waals surface area (Å²) in [6.07, 6.45) is 0.591. The van der Waals surface area contributed by atoms with E-state index in [1.54, 1.807) is 24.3 Å². The van der Waals surface area contributed by atoms with Gasteiger partial charge in [-0.05, 0) is 24.0 Å². The quantitative estimate of drug-likeness (QED) is 0.731. The number of benzene rings is 1. The van der Waals surface area contributed by atoms with Gasteiger partial charge in [-0.1, -0.05) is 39.0 Å². The highest BCUT2D eigenvalue weighted by molar-refractivity contribution is 6.39. The van der Waals surface area contributed by atoms with Gasteiger partial charge in [-0.2, -0.15) is 0 Å². The van der Waals surface area contributed by atoms with Gasteiger partial charge in [0.15, 0.2) is 0 Å². The molecule has 0 aliphatic rings. The van der Waals surface area contributed by atoms with Crippen LogP contribution in [0.4, 0.5) is 5.69 Å². The maximum atomic E-state index is 11.8. The largest absolute Gasteiger partial charge is 0.394 e. The summed E-state index contributed by atoms with van der Waals surface area (Å²) in [6, 6.07) is 8.33. The summed E-state index contributed by atoms with van der Waals surface area (Å²) in [6.45, 7) is 5.82. The molecule has 0 fully saturated rings. The Bertz CT molecular complexity index is 452. The van der Waals surface area contributed by atoms with Crippen molar-refractivity contribution in [1.29, 1.82) is 0 Å². The number of nitrogens with one attached hydrogen (secondary N) is 2. The van der Waals surface area contributed by atoms with Crippen LogP contribution < -0.4 is 10.6 Å². The van der Waals surface area contributed by atoms with E-state index in [1.165, 1.54) is 0 Å². The van der Waals surface area contributed by atoms with Gasteiger partial charge in [0.25, 0.3) is 0 Å². The molecule has 0 radical (unpaired) electrons. The van der Waals surface area contributed by atoms with Crippen molar-refractivity contribution in [1.82, 2.24) is 5.32 Å². The minimum atomic E-state index is -0.739. The second-order valence-corrected chi connectivity index (χ2v) is 5.94. The van der Waals surface area contributed by atoms with Gasteiger partial charge < -0.3 is 15.7 Å². The maximum absolute atomic E-state index is 11.8. The number of anilines is 1. The second kappa shape index (κ2) is 7.05. The molecule has 0 saturated heterocycles. The van der Waals surface area contributed by atoms with E-state index in [-0.39, 0.29) is 12.0 Å². The Morgan fingerprint density at radius 2 is 1.75 bits per heavy atom. The highest BCUT2D eigenvalue weighted by Gasteiger charge is 2.22. The lowest BCUT2D eigenvalue weighted by atomic mass is 9.88. The third kappa shape index (κ3) is 5.84. The Hall–Kier alpha value is -1.88. The highest BCUT2D eigenvalue weighted by atomic mass is 16.3. The van der Waals surface area contributed by atoms with E-state index in [0.29, 0.717) is 12.1 Å². The summed E-state index contributed by atoms with van der Waals surface area (Å²) in [5, 5.41) is 14.3. The van der Waals surface area contributed by atoms with Gasteiger partial charge in [-0.3, -0.25) is 9.59 Å². The standard InChI is InChI=1S/C15H22N2O3/c1-15(2,3)9-12(10-18)17-14(20)13(19)16-11-7-5-4-6-8-11/h4-8,12,18H,9-10H2,1-3H3,(H,16,19)(H,17,20). The molecule has 110 valence electrons. The molecule has 1 atom stereocenters. The fraction of sp³-hybridized carbons (Fsp3) is 0.467. The molecule has 1 aromatic carbocycles. The number of aliphatic hydroxyl groups is 1. The number of rotatable bonds is 4. The van der Waals surface area contributed by atoms with Crippen molar-refractivity contribution in [3.8, 4) is 0 Å². The Labute approximate surface area is 119 Å². The normalized spacial score (nSPS) is 12.6. The van der Waals surface area contributed by atoms with E-state index in [1.807, 2.05) is 26.8 Å². The fourth-order valence-corrected chi connectivity index (χ4v) is 1.86. The summed E-state index contributed by atoms with van der Waals surface area (Å²) in [5.41, 5.74) is 0.514. The van der Waals surface area contributed by atoms with Crippen molar-refractivity contribution in [3.63, 3.8) is 0 Å². The van der Waals surface area contributed by atoms with Crippen LogP contribution in [0.25, 0.3) is 0 Å². The van der Waals surface area contributed by atoms with Gasteiger partial charge in [-0.15, -0.1) is 0 Å². The van der Waals surface area contributed by atoms with Crippen LogP contribution in [-0.4, -0.2) is 29.6 Å². The van der Waals surface area contributed by atoms with E-state index in [2.05, 4.69) is 10.6 Å². The summed E-state index contributed by atoms with van der Waals surface area (Å²) >= 11 is 0. The lowest BCUT2D eigenvalue weighted by Gasteiger charge is -2.25. The first-order valence-corrected chi connectivity index (χ1v) is 6.59. The number of para-hydroxylation sites is 1. The molecular formula is C15H22N2O3. The van der Waals surface area contributed by atoms with E-state index in [0.717, 1.165) is 0 Å². The van der Waals surface area contributed by atoms with Crippen molar-refractivity contribution < 1.29 is 14.7 Å². The Morgan fingerprint density at radius 3 is 2.25 bits per heavy atom. The first-order chi connectivity index (χ1) is 9.31. The zero-order valence-electron chi connectivity index (χ0n) is 12.1. The van der Waals surface area contributed by atoms with Crippen LogP contribution in [0.2, 0.25) is 0 Å². The van der Waals surface area contributed by atoms with Crippen LogP contribution in [0.3, 0.4) is 0 Å². The molecule has 3 N–H and O–H groups in total. The molecular weight excluding hydrogens is 256 g/mol. The van der Waals surface area contributed by atoms with Crippen molar-refractivity contribution in [2.24, 2.45) is 5.41 Å². The Morgan fingerprint density at radius 1 is 1.15 bits per heavy atom.